The third kappa shape index (κ3) is 2.06. The Morgan fingerprint density at radius 1 is 1.73 bits per heavy atom. The lowest BCUT2D eigenvalue weighted by atomic mass is 10.1. The zero-order valence-electron chi connectivity index (χ0n) is 6.29. The Balaban J connectivity index is 2.38. The normalized spacial score (nSPS) is 24.6. The SMILES string of the molecule is NN(C(=O)O)[C@H]1CCCNC1. The number of rotatable bonds is 1. The first-order valence-corrected chi connectivity index (χ1v) is 3.69. The highest BCUT2D eigenvalue weighted by atomic mass is 16.4. The predicted molar refractivity (Wildman–Crippen MR) is 39.9 cm³/mol. The van der Waals surface area contributed by atoms with Gasteiger partial charge >= 0.3 is 6.09 Å². The summed E-state index contributed by atoms with van der Waals surface area (Å²) < 4.78 is 0. The van der Waals surface area contributed by atoms with Crippen molar-refractivity contribution >= 4 is 6.09 Å². The number of hydrazine groups is 1. The number of nitrogens with two attached hydrogens (primary N) is 1. The number of carbonyl (C=O) groups is 1. The van der Waals surface area contributed by atoms with Crippen molar-refractivity contribution < 1.29 is 9.90 Å². The largest absolute Gasteiger partial charge is 0.464 e. The van der Waals surface area contributed by atoms with E-state index in [-0.39, 0.29) is 6.04 Å². The summed E-state index contributed by atoms with van der Waals surface area (Å²) in [6.07, 6.45) is 0.792. The molecule has 1 atom stereocenters. The van der Waals surface area contributed by atoms with Crippen LogP contribution in [-0.4, -0.2) is 35.3 Å². The Bertz CT molecular complexity index is 145. The Hall–Kier alpha value is -0.810. The van der Waals surface area contributed by atoms with Gasteiger partial charge in [-0.25, -0.2) is 15.6 Å². The lowest BCUT2D eigenvalue weighted by Crippen LogP contribution is -2.51. The average Bonchev–Trinajstić information content (AvgIpc) is 2.05. The van der Waals surface area contributed by atoms with Crippen LogP contribution < -0.4 is 11.2 Å². The van der Waals surface area contributed by atoms with Crippen molar-refractivity contribution in [2.75, 3.05) is 13.1 Å². The molecule has 0 bridgehead atoms. The molecule has 5 heteroatoms. The van der Waals surface area contributed by atoms with Gasteiger partial charge in [-0.3, -0.25) is 0 Å². The van der Waals surface area contributed by atoms with E-state index in [0.717, 1.165) is 24.4 Å². The molecule has 1 aliphatic rings. The van der Waals surface area contributed by atoms with Gasteiger partial charge in [-0.15, -0.1) is 0 Å². The van der Waals surface area contributed by atoms with Gasteiger partial charge in [0, 0.05) is 6.54 Å². The summed E-state index contributed by atoms with van der Waals surface area (Å²) in [5.74, 6) is 5.28. The molecule has 64 valence electrons. The first-order valence-electron chi connectivity index (χ1n) is 3.69. The minimum atomic E-state index is -1.06. The molecule has 1 rings (SSSR count). The molecule has 1 amide bonds. The summed E-state index contributed by atoms with van der Waals surface area (Å²) in [4.78, 5) is 10.4. The van der Waals surface area contributed by atoms with Gasteiger partial charge in [-0.2, -0.15) is 0 Å². The van der Waals surface area contributed by atoms with Crippen molar-refractivity contribution in [2.24, 2.45) is 5.84 Å². The van der Waals surface area contributed by atoms with Crippen LogP contribution in [0.15, 0.2) is 0 Å². The molecular weight excluding hydrogens is 146 g/mol. The fourth-order valence-electron chi connectivity index (χ4n) is 1.23. The standard InChI is InChI=1S/C6H13N3O2/c7-9(6(10)11)5-2-1-3-8-4-5/h5,8H,1-4,7H2,(H,10,11)/t5-/m0/s1. The van der Waals surface area contributed by atoms with Crippen LogP contribution in [0.2, 0.25) is 0 Å². The molecule has 0 aromatic carbocycles. The van der Waals surface area contributed by atoms with E-state index in [1.54, 1.807) is 0 Å². The highest BCUT2D eigenvalue weighted by molar-refractivity contribution is 5.64. The van der Waals surface area contributed by atoms with Gasteiger partial charge < -0.3 is 10.4 Å². The van der Waals surface area contributed by atoms with Crippen LogP contribution in [0, 0.1) is 0 Å². The Labute approximate surface area is 65.1 Å². The number of nitrogens with one attached hydrogen (secondary N) is 1. The molecule has 11 heavy (non-hydrogen) atoms. The predicted octanol–water partition coefficient (Wildman–Crippen LogP) is -0.408. The molecule has 0 aromatic rings. The third-order valence-corrected chi connectivity index (χ3v) is 1.89. The molecule has 1 heterocycles. The summed E-state index contributed by atoms with van der Waals surface area (Å²) in [5, 5.41) is 12.5. The third-order valence-electron chi connectivity index (χ3n) is 1.89. The number of amides is 1. The summed E-state index contributed by atoms with van der Waals surface area (Å²) in [7, 11) is 0. The molecular formula is C6H13N3O2. The number of nitrogens with zero attached hydrogens (tertiary/aromatic N) is 1. The summed E-state index contributed by atoms with van der Waals surface area (Å²) >= 11 is 0. The smallest absolute Gasteiger partial charge is 0.421 e. The second-order valence-electron chi connectivity index (χ2n) is 2.69. The van der Waals surface area contributed by atoms with Gasteiger partial charge in [-0.05, 0) is 19.4 Å². The van der Waals surface area contributed by atoms with E-state index in [2.05, 4.69) is 5.32 Å². The van der Waals surface area contributed by atoms with E-state index in [9.17, 15) is 4.79 Å². The van der Waals surface area contributed by atoms with Crippen molar-refractivity contribution in [3.8, 4) is 0 Å². The van der Waals surface area contributed by atoms with E-state index < -0.39 is 6.09 Å². The molecule has 0 spiro atoms. The Kier molecular flexibility index (Phi) is 2.67. The van der Waals surface area contributed by atoms with Crippen LogP contribution in [0.5, 0.6) is 0 Å². The average molecular weight is 159 g/mol. The zero-order chi connectivity index (χ0) is 8.27. The Morgan fingerprint density at radius 3 is 2.91 bits per heavy atom. The van der Waals surface area contributed by atoms with Crippen molar-refractivity contribution in [2.45, 2.75) is 18.9 Å². The molecule has 0 aliphatic carbocycles. The maximum Gasteiger partial charge on any atom is 0.421 e. The molecule has 1 fully saturated rings. The van der Waals surface area contributed by atoms with Crippen LogP contribution in [0.25, 0.3) is 0 Å². The molecule has 0 radical (unpaired) electrons. The van der Waals surface area contributed by atoms with Gasteiger partial charge in [0.2, 0.25) is 0 Å². The maximum absolute atomic E-state index is 10.4. The molecule has 0 unspecified atom stereocenters. The van der Waals surface area contributed by atoms with Gasteiger partial charge in [0.05, 0.1) is 6.04 Å². The van der Waals surface area contributed by atoms with E-state index in [0.29, 0.717) is 6.54 Å². The fraction of sp³-hybridized carbons (Fsp3) is 0.833. The fourth-order valence-corrected chi connectivity index (χ4v) is 1.23. The lowest BCUT2D eigenvalue weighted by Gasteiger charge is -2.28. The van der Waals surface area contributed by atoms with E-state index >= 15 is 0 Å². The molecule has 0 saturated carbocycles. The van der Waals surface area contributed by atoms with Gasteiger partial charge in [0.1, 0.15) is 0 Å². The molecule has 4 N–H and O–H groups in total. The molecule has 5 nitrogen and oxygen atoms in total. The van der Waals surface area contributed by atoms with Crippen LogP contribution in [-0.2, 0) is 0 Å². The van der Waals surface area contributed by atoms with E-state index in [1.807, 2.05) is 0 Å². The van der Waals surface area contributed by atoms with E-state index in [1.165, 1.54) is 0 Å². The first-order chi connectivity index (χ1) is 5.22. The first kappa shape index (κ1) is 8.29. The van der Waals surface area contributed by atoms with Crippen LogP contribution in [0.3, 0.4) is 0 Å². The summed E-state index contributed by atoms with van der Waals surface area (Å²) in [5.41, 5.74) is 0. The van der Waals surface area contributed by atoms with Gasteiger partial charge in [0.25, 0.3) is 0 Å². The number of carboxylic acid groups (broad SMARTS) is 1. The van der Waals surface area contributed by atoms with Gasteiger partial charge in [0.15, 0.2) is 0 Å². The summed E-state index contributed by atoms with van der Waals surface area (Å²) in [6.45, 7) is 1.63. The van der Waals surface area contributed by atoms with Crippen molar-refractivity contribution in [1.29, 1.82) is 0 Å². The number of piperidine rings is 1. The van der Waals surface area contributed by atoms with Crippen molar-refractivity contribution in [1.82, 2.24) is 10.3 Å². The van der Waals surface area contributed by atoms with Crippen LogP contribution in [0.1, 0.15) is 12.8 Å². The number of hydrogen-bond donors (Lipinski definition) is 3. The highest BCUT2D eigenvalue weighted by Gasteiger charge is 2.21. The molecule has 1 saturated heterocycles. The zero-order valence-corrected chi connectivity index (χ0v) is 6.29. The topological polar surface area (TPSA) is 78.6 Å². The summed E-state index contributed by atoms with van der Waals surface area (Å²) in [6, 6.07) is -0.0544. The lowest BCUT2D eigenvalue weighted by molar-refractivity contribution is 0.115. The minimum absolute atomic E-state index is 0.0544. The number of hydrogen-bond acceptors (Lipinski definition) is 3. The van der Waals surface area contributed by atoms with Crippen molar-refractivity contribution in [3.05, 3.63) is 0 Å². The maximum atomic E-state index is 10.4. The van der Waals surface area contributed by atoms with Crippen LogP contribution >= 0.6 is 0 Å². The second-order valence-corrected chi connectivity index (χ2v) is 2.69. The Morgan fingerprint density at radius 2 is 2.45 bits per heavy atom. The highest BCUT2D eigenvalue weighted by Crippen LogP contribution is 2.06. The second kappa shape index (κ2) is 3.54. The molecule has 0 aromatic heterocycles. The van der Waals surface area contributed by atoms with Crippen molar-refractivity contribution in [3.63, 3.8) is 0 Å². The quantitative estimate of drug-likeness (QED) is 0.276. The van der Waals surface area contributed by atoms with Gasteiger partial charge in [-0.1, -0.05) is 0 Å². The minimum Gasteiger partial charge on any atom is -0.464 e. The van der Waals surface area contributed by atoms with Crippen LogP contribution in [0.4, 0.5) is 4.79 Å². The van der Waals surface area contributed by atoms with E-state index in [4.69, 9.17) is 10.9 Å². The molecule has 1 aliphatic heterocycles. The monoisotopic (exact) mass is 159 g/mol.